The van der Waals surface area contributed by atoms with Gasteiger partial charge < -0.3 is 20.5 Å². The maximum atomic E-state index is 11.3. The first-order valence-corrected chi connectivity index (χ1v) is 5.50. The van der Waals surface area contributed by atoms with Crippen LogP contribution in [0.25, 0.3) is 0 Å². The number of methoxy groups -OCH3 is 1. The normalized spacial score (nSPS) is 9.76. The number of hydrogen-bond donors (Lipinski definition) is 2. The van der Waals surface area contributed by atoms with Crippen molar-refractivity contribution in [2.75, 3.05) is 26.8 Å². The minimum Gasteiger partial charge on any atom is -0.493 e. The summed E-state index contributed by atoms with van der Waals surface area (Å²) in [6.45, 7) is 1.25. The Morgan fingerprint density at radius 2 is 2.06 bits per heavy atom. The highest BCUT2D eigenvalue weighted by Gasteiger charge is 2.04. The molecule has 0 spiro atoms. The van der Waals surface area contributed by atoms with Gasteiger partial charge in [-0.25, -0.2) is 0 Å². The predicted octanol–water partition coefficient (Wildman–Crippen LogP) is 0.539. The molecule has 0 aliphatic carbocycles. The molecule has 0 heterocycles. The summed E-state index contributed by atoms with van der Waals surface area (Å²) < 4.78 is 10.6. The number of carbonyl (C=O) groups excluding carboxylic acids is 1. The standard InChI is InChI=1S/C12H18N2O3/c1-16-10-4-2-3-5-11(10)17-9-6-12(15)14-8-7-13/h2-5H,6-9,13H2,1H3,(H,14,15). The Morgan fingerprint density at radius 3 is 2.71 bits per heavy atom. The van der Waals surface area contributed by atoms with Crippen molar-refractivity contribution >= 4 is 5.91 Å². The summed E-state index contributed by atoms with van der Waals surface area (Å²) >= 11 is 0. The predicted molar refractivity (Wildman–Crippen MR) is 65.2 cm³/mol. The second kappa shape index (κ2) is 7.51. The van der Waals surface area contributed by atoms with Gasteiger partial charge in [0.2, 0.25) is 5.91 Å². The minimum atomic E-state index is -0.0645. The number of nitrogens with one attached hydrogen (secondary N) is 1. The number of carbonyl (C=O) groups is 1. The molecule has 0 unspecified atom stereocenters. The van der Waals surface area contributed by atoms with Crippen molar-refractivity contribution in [3.8, 4) is 11.5 Å². The van der Waals surface area contributed by atoms with Crippen molar-refractivity contribution in [3.63, 3.8) is 0 Å². The molecule has 5 heteroatoms. The van der Waals surface area contributed by atoms with E-state index in [1.165, 1.54) is 0 Å². The average Bonchev–Trinajstić information content (AvgIpc) is 2.37. The molecule has 0 aromatic heterocycles. The van der Waals surface area contributed by atoms with Crippen molar-refractivity contribution in [3.05, 3.63) is 24.3 Å². The smallest absolute Gasteiger partial charge is 0.223 e. The van der Waals surface area contributed by atoms with E-state index in [2.05, 4.69) is 5.32 Å². The van der Waals surface area contributed by atoms with E-state index in [4.69, 9.17) is 15.2 Å². The quantitative estimate of drug-likeness (QED) is 0.727. The first-order valence-electron chi connectivity index (χ1n) is 5.50. The van der Waals surface area contributed by atoms with Crippen LogP contribution in [-0.4, -0.2) is 32.7 Å². The molecular weight excluding hydrogens is 220 g/mol. The lowest BCUT2D eigenvalue weighted by Crippen LogP contribution is -2.29. The lowest BCUT2D eigenvalue weighted by molar-refractivity contribution is -0.121. The van der Waals surface area contributed by atoms with Gasteiger partial charge in [0.25, 0.3) is 0 Å². The van der Waals surface area contributed by atoms with Crippen LogP contribution in [0.5, 0.6) is 11.5 Å². The van der Waals surface area contributed by atoms with Crippen molar-refractivity contribution in [1.29, 1.82) is 0 Å². The molecule has 1 amide bonds. The van der Waals surface area contributed by atoms with Crippen LogP contribution >= 0.6 is 0 Å². The molecule has 1 rings (SSSR count). The largest absolute Gasteiger partial charge is 0.493 e. The van der Waals surface area contributed by atoms with Crippen LogP contribution in [0.3, 0.4) is 0 Å². The third-order valence-corrected chi connectivity index (χ3v) is 2.12. The van der Waals surface area contributed by atoms with E-state index in [1.807, 2.05) is 18.2 Å². The molecule has 0 saturated heterocycles. The van der Waals surface area contributed by atoms with E-state index in [1.54, 1.807) is 13.2 Å². The van der Waals surface area contributed by atoms with Gasteiger partial charge in [-0.15, -0.1) is 0 Å². The molecule has 0 atom stereocenters. The van der Waals surface area contributed by atoms with Crippen LogP contribution in [0.15, 0.2) is 24.3 Å². The molecule has 0 aliphatic rings. The lowest BCUT2D eigenvalue weighted by atomic mass is 10.3. The van der Waals surface area contributed by atoms with Crippen molar-refractivity contribution in [1.82, 2.24) is 5.32 Å². The molecule has 5 nitrogen and oxygen atoms in total. The number of ether oxygens (including phenoxy) is 2. The van der Waals surface area contributed by atoms with Crippen LogP contribution in [-0.2, 0) is 4.79 Å². The summed E-state index contributed by atoms with van der Waals surface area (Å²) in [6, 6.07) is 7.33. The van der Waals surface area contributed by atoms with E-state index < -0.39 is 0 Å². The van der Waals surface area contributed by atoms with Gasteiger partial charge in [-0.3, -0.25) is 4.79 Å². The van der Waals surface area contributed by atoms with Crippen molar-refractivity contribution < 1.29 is 14.3 Å². The van der Waals surface area contributed by atoms with Gasteiger partial charge in [0, 0.05) is 13.1 Å². The molecule has 3 N–H and O–H groups in total. The topological polar surface area (TPSA) is 73.6 Å². The number of nitrogens with two attached hydrogens (primary N) is 1. The maximum Gasteiger partial charge on any atom is 0.223 e. The van der Waals surface area contributed by atoms with Crippen LogP contribution in [0.1, 0.15) is 6.42 Å². The van der Waals surface area contributed by atoms with E-state index in [0.29, 0.717) is 37.6 Å². The fourth-order valence-corrected chi connectivity index (χ4v) is 1.29. The molecule has 0 bridgehead atoms. The fourth-order valence-electron chi connectivity index (χ4n) is 1.29. The van der Waals surface area contributed by atoms with Crippen LogP contribution < -0.4 is 20.5 Å². The summed E-state index contributed by atoms with van der Waals surface area (Å²) in [4.78, 5) is 11.3. The summed E-state index contributed by atoms with van der Waals surface area (Å²) in [5.41, 5.74) is 5.27. The highest BCUT2D eigenvalue weighted by atomic mass is 16.5. The van der Waals surface area contributed by atoms with Gasteiger partial charge in [0.05, 0.1) is 20.1 Å². The summed E-state index contributed by atoms with van der Waals surface area (Å²) in [5, 5.41) is 2.67. The second-order valence-corrected chi connectivity index (χ2v) is 3.39. The Labute approximate surface area is 101 Å². The van der Waals surface area contributed by atoms with Gasteiger partial charge in [0.15, 0.2) is 11.5 Å². The lowest BCUT2D eigenvalue weighted by Gasteiger charge is -2.10. The Morgan fingerprint density at radius 1 is 1.35 bits per heavy atom. The van der Waals surface area contributed by atoms with Gasteiger partial charge in [0.1, 0.15) is 0 Å². The number of amides is 1. The molecule has 0 saturated carbocycles. The van der Waals surface area contributed by atoms with Gasteiger partial charge in [-0.1, -0.05) is 12.1 Å². The van der Waals surface area contributed by atoms with Crippen LogP contribution in [0, 0.1) is 0 Å². The molecule has 94 valence electrons. The van der Waals surface area contributed by atoms with Gasteiger partial charge in [-0.05, 0) is 12.1 Å². The van der Waals surface area contributed by atoms with E-state index in [-0.39, 0.29) is 5.91 Å². The Kier molecular flexibility index (Phi) is 5.88. The number of benzene rings is 1. The summed E-state index contributed by atoms with van der Waals surface area (Å²) in [6.07, 6.45) is 0.304. The Bertz CT molecular complexity index is 355. The Balaban J connectivity index is 2.33. The van der Waals surface area contributed by atoms with Crippen molar-refractivity contribution in [2.24, 2.45) is 5.73 Å². The highest BCUT2D eigenvalue weighted by Crippen LogP contribution is 2.25. The SMILES string of the molecule is COc1ccccc1OCCC(=O)NCCN. The van der Waals surface area contributed by atoms with Gasteiger partial charge in [-0.2, -0.15) is 0 Å². The van der Waals surface area contributed by atoms with E-state index >= 15 is 0 Å². The van der Waals surface area contributed by atoms with Crippen molar-refractivity contribution in [2.45, 2.75) is 6.42 Å². The zero-order valence-corrected chi connectivity index (χ0v) is 9.94. The van der Waals surface area contributed by atoms with Crippen LogP contribution in [0.4, 0.5) is 0 Å². The maximum absolute atomic E-state index is 11.3. The molecule has 1 aromatic rings. The molecule has 0 aliphatic heterocycles. The fraction of sp³-hybridized carbons (Fsp3) is 0.417. The third-order valence-electron chi connectivity index (χ3n) is 2.12. The summed E-state index contributed by atoms with van der Waals surface area (Å²) in [7, 11) is 1.58. The number of rotatable bonds is 7. The van der Waals surface area contributed by atoms with Crippen LogP contribution in [0.2, 0.25) is 0 Å². The Hall–Kier alpha value is -1.75. The molecule has 17 heavy (non-hydrogen) atoms. The third kappa shape index (κ3) is 4.74. The first-order chi connectivity index (χ1) is 8.27. The first kappa shape index (κ1) is 13.3. The number of para-hydroxylation sites is 2. The number of hydrogen-bond acceptors (Lipinski definition) is 4. The summed E-state index contributed by atoms with van der Waals surface area (Å²) in [5.74, 6) is 1.24. The van der Waals surface area contributed by atoms with Gasteiger partial charge >= 0.3 is 0 Å². The molecule has 0 radical (unpaired) electrons. The minimum absolute atomic E-state index is 0.0645. The average molecular weight is 238 g/mol. The zero-order chi connectivity index (χ0) is 12.5. The molecule has 0 fully saturated rings. The second-order valence-electron chi connectivity index (χ2n) is 3.39. The van der Waals surface area contributed by atoms with E-state index in [0.717, 1.165) is 0 Å². The highest BCUT2D eigenvalue weighted by molar-refractivity contribution is 5.75. The molecular formula is C12H18N2O3. The molecule has 1 aromatic carbocycles. The zero-order valence-electron chi connectivity index (χ0n) is 9.94. The monoisotopic (exact) mass is 238 g/mol. The van der Waals surface area contributed by atoms with E-state index in [9.17, 15) is 4.79 Å².